The van der Waals surface area contributed by atoms with Crippen molar-refractivity contribution in [2.75, 3.05) is 0 Å². The smallest absolute Gasteiger partial charge is 0.139 e. The molecule has 0 amide bonds. The summed E-state index contributed by atoms with van der Waals surface area (Å²) >= 11 is 0. The summed E-state index contributed by atoms with van der Waals surface area (Å²) in [6.45, 7) is 0. The number of Topliss-reactive ketones (excluding diaryl/α,β-unsaturated/α-hetero) is 1. The van der Waals surface area contributed by atoms with Gasteiger partial charge in [-0.15, -0.1) is 0 Å². The molecule has 0 saturated heterocycles. The number of allylic oxidation sites excluding steroid dienone is 2. The third-order valence-electron chi connectivity index (χ3n) is 3.75. The molecule has 3 aliphatic rings. The first-order valence-electron chi connectivity index (χ1n) is 4.66. The predicted molar refractivity (Wildman–Crippen MR) is 43.3 cm³/mol. The van der Waals surface area contributed by atoms with Crippen molar-refractivity contribution < 1.29 is 9.90 Å². The average Bonchev–Trinajstić information content (AvgIpc) is 2.64. The van der Waals surface area contributed by atoms with Crippen LogP contribution in [0.1, 0.15) is 12.8 Å². The van der Waals surface area contributed by atoms with Crippen molar-refractivity contribution in [3.8, 4) is 0 Å². The summed E-state index contributed by atoms with van der Waals surface area (Å²) in [5.41, 5.74) is 0. The van der Waals surface area contributed by atoms with Crippen LogP contribution >= 0.6 is 0 Å². The van der Waals surface area contributed by atoms with Crippen LogP contribution in [0.25, 0.3) is 0 Å². The van der Waals surface area contributed by atoms with Gasteiger partial charge in [0.05, 0.1) is 6.10 Å². The van der Waals surface area contributed by atoms with Crippen LogP contribution in [-0.2, 0) is 4.79 Å². The molecule has 0 aromatic heterocycles. The Balaban J connectivity index is 2.03. The highest BCUT2D eigenvalue weighted by atomic mass is 16.3. The zero-order chi connectivity index (χ0) is 8.29. The van der Waals surface area contributed by atoms with Gasteiger partial charge in [0.25, 0.3) is 0 Å². The second kappa shape index (κ2) is 1.99. The number of aliphatic hydroxyl groups is 1. The molecule has 2 fully saturated rings. The van der Waals surface area contributed by atoms with E-state index in [9.17, 15) is 9.90 Å². The zero-order valence-corrected chi connectivity index (χ0v) is 6.81. The van der Waals surface area contributed by atoms with Gasteiger partial charge >= 0.3 is 0 Å². The van der Waals surface area contributed by atoms with E-state index in [2.05, 4.69) is 12.2 Å². The molecule has 2 saturated carbocycles. The highest BCUT2D eigenvalue weighted by Crippen LogP contribution is 2.53. The van der Waals surface area contributed by atoms with Gasteiger partial charge in [0.15, 0.2) is 0 Å². The predicted octanol–water partition coefficient (Wildman–Crippen LogP) is 0.758. The summed E-state index contributed by atoms with van der Waals surface area (Å²) in [6, 6.07) is 0. The monoisotopic (exact) mass is 164 g/mol. The molecule has 5 atom stereocenters. The summed E-state index contributed by atoms with van der Waals surface area (Å²) in [5.74, 6) is 1.71. The number of carbonyl (C=O) groups excluding carboxylic acids is 1. The maximum absolute atomic E-state index is 11.5. The van der Waals surface area contributed by atoms with Gasteiger partial charge in [-0.1, -0.05) is 12.2 Å². The van der Waals surface area contributed by atoms with Gasteiger partial charge in [-0.05, 0) is 18.3 Å². The van der Waals surface area contributed by atoms with E-state index in [0.29, 0.717) is 24.0 Å². The van der Waals surface area contributed by atoms with E-state index < -0.39 is 0 Å². The van der Waals surface area contributed by atoms with E-state index in [0.717, 1.165) is 6.42 Å². The van der Waals surface area contributed by atoms with Gasteiger partial charge in [0.1, 0.15) is 5.78 Å². The molecule has 12 heavy (non-hydrogen) atoms. The molecule has 2 nitrogen and oxygen atoms in total. The largest absolute Gasteiger partial charge is 0.392 e. The molecule has 3 aliphatic carbocycles. The molecule has 0 aliphatic heterocycles. The number of hydrogen-bond acceptors (Lipinski definition) is 2. The molecule has 0 spiro atoms. The first-order chi connectivity index (χ1) is 5.77. The standard InChI is InChI=1S/C10H12O2/c11-7-4-8(12)10-6-2-1-5(3-6)9(7)10/h1-2,5-7,9-11H,3-4H2/t5-,6+,7+,9+,10-/m0/s1. The Labute approximate surface area is 71.3 Å². The lowest BCUT2D eigenvalue weighted by Crippen LogP contribution is -2.24. The Bertz CT molecular complexity index is 269. The molecule has 0 radical (unpaired) electrons. The van der Waals surface area contributed by atoms with Gasteiger partial charge in [0.2, 0.25) is 0 Å². The number of carbonyl (C=O) groups is 1. The van der Waals surface area contributed by atoms with Gasteiger partial charge in [-0.25, -0.2) is 0 Å². The molecule has 0 heterocycles. The molecule has 0 unspecified atom stereocenters. The van der Waals surface area contributed by atoms with Crippen LogP contribution in [0.3, 0.4) is 0 Å². The highest BCUT2D eigenvalue weighted by molar-refractivity contribution is 5.85. The summed E-state index contributed by atoms with van der Waals surface area (Å²) in [7, 11) is 0. The second-order valence-corrected chi connectivity index (χ2v) is 4.29. The lowest BCUT2D eigenvalue weighted by atomic mass is 9.85. The fourth-order valence-corrected chi connectivity index (χ4v) is 3.32. The number of fused-ring (bicyclic) bond motifs is 5. The summed E-state index contributed by atoms with van der Waals surface area (Å²) in [6.07, 6.45) is 5.53. The Hall–Kier alpha value is -0.630. The lowest BCUT2D eigenvalue weighted by Gasteiger charge is -2.20. The van der Waals surface area contributed by atoms with Gasteiger partial charge in [-0.2, -0.15) is 0 Å². The third-order valence-corrected chi connectivity index (χ3v) is 3.75. The fraction of sp³-hybridized carbons (Fsp3) is 0.700. The third kappa shape index (κ3) is 0.626. The van der Waals surface area contributed by atoms with Crippen molar-refractivity contribution in [1.82, 2.24) is 0 Å². The topological polar surface area (TPSA) is 37.3 Å². The van der Waals surface area contributed by atoms with Crippen LogP contribution in [0.15, 0.2) is 12.2 Å². The Kier molecular flexibility index (Phi) is 1.14. The fourth-order valence-electron chi connectivity index (χ4n) is 3.32. The number of rotatable bonds is 0. The number of ketones is 1. The first-order valence-corrected chi connectivity index (χ1v) is 4.66. The van der Waals surface area contributed by atoms with E-state index in [4.69, 9.17) is 0 Å². The van der Waals surface area contributed by atoms with E-state index in [1.807, 2.05) is 0 Å². The van der Waals surface area contributed by atoms with Gasteiger partial charge in [-0.3, -0.25) is 4.79 Å². The van der Waals surface area contributed by atoms with Crippen LogP contribution in [-0.4, -0.2) is 17.0 Å². The molecular formula is C10H12O2. The normalized spacial score (nSPS) is 55.1. The highest BCUT2D eigenvalue weighted by Gasteiger charge is 2.54. The molecule has 0 aromatic carbocycles. The minimum Gasteiger partial charge on any atom is -0.392 e. The summed E-state index contributed by atoms with van der Waals surface area (Å²) in [5, 5.41) is 9.64. The Morgan fingerprint density at radius 2 is 2.08 bits per heavy atom. The molecule has 2 heteroatoms. The molecular weight excluding hydrogens is 152 g/mol. The summed E-state index contributed by atoms with van der Waals surface area (Å²) in [4.78, 5) is 11.5. The van der Waals surface area contributed by atoms with Gasteiger partial charge < -0.3 is 5.11 Å². The van der Waals surface area contributed by atoms with Crippen molar-refractivity contribution in [3.63, 3.8) is 0 Å². The van der Waals surface area contributed by atoms with E-state index in [1.165, 1.54) is 0 Å². The molecule has 64 valence electrons. The maximum Gasteiger partial charge on any atom is 0.139 e. The van der Waals surface area contributed by atoms with Gasteiger partial charge in [0, 0.05) is 18.3 Å². The maximum atomic E-state index is 11.5. The quantitative estimate of drug-likeness (QED) is 0.537. The van der Waals surface area contributed by atoms with Crippen molar-refractivity contribution in [2.24, 2.45) is 23.7 Å². The molecule has 0 aromatic rings. The van der Waals surface area contributed by atoms with Crippen molar-refractivity contribution in [1.29, 1.82) is 0 Å². The van der Waals surface area contributed by atoms with Crippen LogP contribution in [0.5, 0.6) is 0 Å². The van der Waals surface area contributed by atoms with Crippen LogP contribution < -0.4 is 0 Å². The SMILES string of the molecule is O=C1C[C@@H](O)[C@@H]2[C@H]1[C@@H]1C=C[C@H]2C1. The number of hydrogen-bond donors (Lipinski definition) is 1. The Morgan fingerprint density at radius 1 is 1.33 bits per heavy atom. The Morgan fingerprint density at radius 3 is 2.83 bits per heavy atom. The van der Waals surface area contributed by atoms with Crippen molar-refractivity contribution in [2.45, 2.75) is 18.9 Å². The minimum atomic E-state index is -0.345. The van der Waals surface area contributed by atoms with Crippen molar-refractivity contribution >= 4 is 5.78 Å². The molecule has 3 rings (SSSR count). The van der Waals surface area contributed by atoms with E-state index >= 15 is 0 Å². The molecule has 2 bridgehead atoms. The van der Waals surface area contributed by atoms with Crippen molar-refractivity contribution in [3.05, 3.63) is 12.2 Å². The second-order valence-electron chi connectivity index (χ2n) is 4.29. The first kappa shape index (κ1) is 6.84. The number of aliphatic hydroxyl groups excluding tert-OH is 1. The average molecular weight is 164 g/mol. The molecule has 1 N–H and O–H groups in total. The van der Waals surface area contributed by atoms with Crippen LogP contribution in [0, 0.1) is 23.7 Å². The minimum absolute atomic E-state index is 0.176. The lowest BCUT2D eigenvalue weighted by molar-refractivity contribution is -0.121. The van der Waals surface area contributed by atoms with E-state index in [1.54, 1.807) is 0 Å². The van der Waals surface area contributed by atoms with Crippen LogP contribution in [0.2, 0.25) is 0 Å². The summed E-state index contributed by atoms with van der Waals surface area (Å²) < 4.78 is 0. The zero-order valence-electron chi connectivity index (χ0n) is 6.81. The van der Waals surface area contributed by atoms with Crippen LogP contribution in [0.4, 0.5) is 0 Å². The van der Waals surface area contributed by atoms with E-state index in [-0.39, 0.29) is 17.9 Å².